The molecule has 0 fully saturated rings. The van der Waals surface area contributed by atoms with E-state index in [1.54, 1.807) is 23.6 Å². The first kappa shape index (κ1) is 26.4. The van der Waals surface area contributed by atoms with E-state index >= 15 is 0 Å². The molecule has 0 saturated carbocycles. The molecule has 200 valence electrons. The highest BCUT2D eigenvalue weighted by Crippen LogP contribution is 2.40. The lowest BCUT2D eigenvalue weighted by molar-refractivity contribution is -0.113. The number of allylic oxidation sites excluding steroid dienone is 1. The zero-order chi connectivity index (χ0) is 27.2. The van der Waals surface area contributed by atoms with Gasteiger partial charge < -0.3 is 20.1 Å². The number of benzene rings is 3. The van der Waals surface area contributed by atoms with Crippen LogP contribution in [0, 0.1) is 0 Å². The van der Waals surface area contributed by atoms with Gasteiger partial charge in [-0.15, -0.1) is 5.10 Å². The Labute approximate surface area is 232 Å². The quantitative estimate of drug-likeness (QED) is 0.228. The smallest absolute Gasteiger partial charge is 0.255 e. The van der Waals surface area contributed by atoms with Crippen molar-refractivity contribution in [2.45, 2.75) is 38.1 Å². The Bertz CT molecular complexity index is 1470. The molecule has 1 amide bonds. The number of carbonyl (C=O) groups excluding carboxylic acids is 1. The topological polar surface area (TPSA) is 90.3 Å². The highest BCUT2D eigenvalue weighted by atomic mass is 32.2. The van der Waals surface area contributed by atoms with Crippen molar-refractivity contribution >= 4 is 29.3 Å². The van der Waals surface area contributed by atoms with Crippen molar-refractivity contribution in [3.63, 3.8) is 0 Å². The summed E-state index contributed by atoms with van der Waals surface area (Å²) in [4.78, 5) is 18.4. The molecule has 4 aromatic rings. The summed E-state index contributed by atoms with van der Waals surface area (Å²) in [5.74, 6) is 2.47. The summed E-state index contributed by atoms with van der Waals surface area (Å²) < 4.78 is 13.6. The van der Waals surface area contributed by atoms with E-state index in [-0.39, 0.29) is 5.91 Å². The summed E-state index contributed by atoms with van der Waals surface area (Å²) in [6, 6.07) is 24.6. The summed E-state index contributed by atoms with van der Waals surface area (Å²) in [5.41, 5.74) is 3.86. The number of hydrogen-bond acceptors (Lipinski definition) is 7. The number of aromatic nitrogens is 3. The average molecular weight is 542 g/mol. The Kier molecular flexibility index (Phi) is 8.17. The lowest BCUT2D eigenvalue weighted by Crippen LogP contribution is -2.31. The molecule has 9 heteroatoms. The number of fused-ring (bicyclic) bond motifs is 1. The molecule has 0 radical (unpaired) electrons. The maximum absolute atomic E-state index is 13.7. The zero-order valence-corrected chi connectivity index (χ0v) is 23.0. The van der Waals surface area contributed by atoms with Gasteiger partial charge in [-0.2, -0.15) is 4.98 Å². The first-order valence-electron chi connectivity index (χ1n) is 12.9. The van der Waals surface area contributed by atoms with Crippen molar-refractivity contribution in [1.29, 1.82) is 0 Å². The van der Waals surface area contributed by atoms with Gasteiger partial charge in [-0.1, -0.05) is 73.3 Å². The fraction of sp³-hybridized carbons (Fsp3) is 0.233. The normalized spacial score (nSPS) is 14.4. The largest absolute Gasteiger partial charge is 0.493 e. The molecule has 0 saturated heterocycles. The molecule has 1 unspecified atom stereocenters. The van der Waals surface area contributed by atoms with Crippen LogP contribution in [0.2, 0.25) is 0 Å². The average Bonchev–Trinajstić information content (AvgIpc) is 3.37. The fourth-order valence-electron chi connectivity index (χ4n) is 4.42. The summed E-state index contributed by atoms with van der Waals surface area (Å²) >= 11 is 1.59. The number of anilines is 2. The van der Waals surface area contributed by atoms with Gasteiger partial charge in [-0.25, -0.2) is 4.68 Å². The van der Waals surface area contributed by atoms with Gasteiger partial charge in [0.15, 0.2) is 11.5 Å². The molecule has 1 aliphatic rings. The third-order valence-electron chi connectivity index (χ3n) is 6.29. The molecule has 8 nitrogen and oxygen atoms in total. The second-order valence-electron chi connectivity index (χ2n) is 9.08. The minimum atomic E-state index is -0.523. The van der Waals surface area contributed by atoms with Crippen LogP contribution < -0.4 is 20.1 Å². The number of nitrogens with zero attached hydrogens (tertiary/aromatic N) is 3. The van der Waals surface area contributed by atoms with Crippen LogP contribution in [0.25, 0.3) is 0 Å². The van der Waals surface area contributed by atoms with Crippen LogP contribution in [0.4, 0.5) is 11.6 Å². The number of methoxy groups -OCH3 is 1. The van der Waals surface area contributed by atoms with Crippen molar-refractivity contribution in [2.24, 2.45) is 0 Å². The maximum atomic E-state index is 13.7. The van der Waals surface area contributed by atoms with E-state index in [0.29, 0.717) is 46.2 Å². The molecule has 0 spiro atoms. The van der Waals surface area contributed by atoms with Crippen LogP contribution in [0.1, 0.15) is 37.4 Å². The zero-order valence-electron chi connectivity index (χ0n) is 22.2. The molecule has 1 aliphatic heterocycles. The number of carbonyl (C=O) groups is 1. The lowest BCUT2D eigenvalue weighted by Gasteiger charge is -2.29. The molecule has 1 atom stereocenters. The molecule has 2 heterocycles. The van der Waals surface area contributed by atoms with Crippen LogP contribution in [0.3, 0.4) is 0 Å². The summed E-state index contributed by atoms with van der Waals surface area (Å²) in [6.07, 6.45) is 1.01. The van der Waals surface area contributed by atoms with E-state index in [0.717, 1.165) is 23.3 Å². The minimum Gasteiger partial charge on any atom is -0.493 e. The second-order valence-corrected chi connectivity index (χ2v) is 10.1. The van der Waals surface area contributed by atoms with Crippen LogP contribution in [0.15, 0.2) is 95.3 Å². The molecule has 5 rings (SSSR count). The first-order valence-corrected chi connectivity index (χ1v) is 13.8. The van der Waals surface area contributed by atoms with Gasteiger partial charge in [-0.05, 0) is 48.7 Å². The van der Waals surface area contributed by atoms with Gasteiger partial charge in [0.25, 0.3) is 5.91 Å². The molecular formula is C30H31N5O3S. The first-order chi connectivity index (χ1) is 19.1. The van der Waals surface area contributed by atoms with E-state index in [2.05, 4.69) is 17.6 Å². The number of hydrogen-bond donors (Lipinski definition) is 2. The van der Waals surface area contributed by atoms with E-state index < -0.39 is 6.04 Å². The lowest BCUT2D eigenvalue weighted by atomic mass is 9.94. The highest BCUT2D eigenvalue weighted by molar-refractivity contribution is 7.99. The van der Waals surface area contributed by atoms with Gasteiger partial charge in [0, 0.05) is 17.1 Å². The number of ether oxygens (including phenoxy) is 2. The van der Waals surface area contributed by atoms with E-state index in [9.17, 15) is 4.79 Å². The number of rotatable bonds is 10. The number of nitrogens with one attached hydrogen (secondary N) is 2. The van der Waals surface area contributed by atoms with Crippen molar-refractivity contribution in [1.82, 2.24) is 14.8 Å². The Morgan fingerprint density at radius 2 is 1.79 bits per heavy atom. The minimum absolute atomic E-state index is 0.219. The molecule has 0 aliphatic carbocycles. The van der Waals surface area contributed by atoms with Crippen molar-refractivity contribution in [3.05, 3.63) is 101 Å². The van der Waals surface area contributed by atoms with Gasteiger partial charge >= 0.3 is 0 Å². The molecule has 2 N–H and O–H groups in total. The van der Waals surface area contributed by atoms with Crippen LogP contribution >= 0.6 is 11.8 Å². The Balaban J connectivity index is 1.51. The third kappa shape index (κ3) is 5.93. The van der Waals surface area contributed by atoms with E-state index in [4.69, 9.17) is 19.6 Å². The van der Waals surface area contributed by atoms with Crippen molar-refractivity contribution < 1.29 is 14.3 Å². The third-order valence-corrected chi connectivity index (χ3v) is 7.33. The molecule has 39 heavy (non-hydrogen) atoms. The van der Waals surface area contributed by atoms with E-state index in [1.165, 1.54) is 0 Å². The van der Waals surface area contributed by atoms with Gasteiger partial charge in [0.05, 0.1) is 12.7 Å². The summed E-state index contributed by atoms with van der Waals surface area (Å²) in [5, 5.41) is 11.8. The van der Waals surface area contributed by atoms with E-state index in [1.807, 2.05) is 85.8 Å². The Morgan fingerprint density at radius 1 is 1.05 bits per heavy atom. The number of para-hydroxylation sites is 1. The highest BCUT2D eigenvalue weighted by Gasteiger charge is 2.35. The second kappa shape index (κ2) is 12.1. The summed E-state index contributed by atoms with van der Waals surface area (Å²) in [6.45, 7) is 4.42. The number of thioether (sulfide) groups is 1. The van der Waals surface area contributed by atoms with Crippen molar-refractivity contribution in [2.75, 3.05) is 23.5 Å². The monoisotopic (exact) mass is 541 g/mol. The predicted molar refractivity (Wildman–Crippen MR) is 154 cm³/mol. The molecule has 1 aromatic heterocycles. The summed E-state index contributed by atoms with van der Waals surface area (Å²) in [7, 11) is 1.61. The van der Waals surface area contributed by atoms with Crippen molar-refractivity contribution in [3.8, 4) is 11.5 Å². The Hall–Kier alpha value is -4.24. The van der Waals surface area contributed by atoms with Crippen LogP contribution in [0.5, 0.6) is 11.5 Å². The van der Waals surface area contributed by atoms with Gasteiger partial charge in [-0.3, -0.25) is 4.79 Å². The SMILES string of the molecule is CCCSc1nc2n(n1)C(c1ccc(OCc3ccccc3)c(OC)c1)C(C(=O)Nc1ccccc1)=C(C)N2. The van der Waals surface area contributed by atoms with Gasteiger partial charge in [0.1, 0.15) is 12.6 Å². The number of amides is 1. The maximum Gasteiger partial charge on any atom is 0.255 e. The fourth-order valence-corrected chi connectivity index (χ4v) is 5.10. The molecule has 0 bridgehead atoms. The predicted octanol–water partition coefficient (Wildman–Crippen LogP) is 6.30. The van der Waals surface area contributed by atoms with Crippen LogP contribution in [-0.2, 0) is 11.4 Å². The van der Waals surface area contributed by atoms with Crippen LogP contribution in [-0.4, -0.2) is 33.5 Å². The standard InChI is InChI=1S/C30H31N5O3S/c1-4-17-39-30-33-29-31-20(2)26(28(36)32-23-13-9-6-10-14-23)27(35(29)34-30)22-15-16-24(25(18-22)37-3)38-19-21-11-7-5-8-12-21/h5-16,18,27H,4,17,19H2,1-3H3,(H,32,36)(H,31,33,34). The van der Waals surface area contributed by atoms with Gasteiger partial charge in [0.2, 0.25) is 11.1 Å². The molecule has 3 aromatic carbocycles. The molecular weight excluding hydrogens is 510 g/mol. The Morgan fingerprint density at radius 3 is 2.51 bits per heavy atom.